The van der Waals surface area contributed by atoms with Crippen molar-refractivity contribution in [1.29, 1.82) is 0 Å². The monoisotopic (exact) mass is 288 g/mol. The van der Waals surface area contributed by atoms with Gasteiger partial charge < -0.3 is 0 Å². The van der Waals surface area contributed by atoms with Crippen LogP contribution in [-0.4, -0.2) is 11.6 Å². The zero-order chi connectivity index (χ0) is 15.4. The Bertz CT molecular complexity index is 468. The van der Waals surface area contributed by atoms with E-state index < -0.39 is 0 Å². The summed E-state index contributed by atoms with van der Waals surface area (Å²) in [7, 11) is 0. The minimum absolute atomic E-state index is 0.0812. The van der Waals surface area contributed by atoms with Gasteiger partial charge in [-0.2, -0.15) is 0 Å². The molecule has 21 heavy (non-hydrogen) atoms. The molecule has 0 aromatic carbocycles. The molecule has 2 aliphatic rings. The van der Waals surface area contributed by atoms with Crippen molar-refractivity contribution in [3.8, 4) is 0 Å². The summed E-state index contributed by atoms with van der Waals surface area (Å²) in [5.41, 5.74) is 2.04. The van der Waals surface area contributed by atoms with Crippen molar-refractivity contribution >= 4 is 11.6 Å². The summed E-state index contributed by atoms with van der Waals surface area (Å²) in [6, 6.07) is 0. The fourth-order valence-corrected chi connectivity index (χ4v) is 3.54. The first-order chi connectivity index (χ1) is 9.99. The van der Waals surface area contributed by atoms with Gasteiger partial charge in [0.15, 0.2) is 11.6 Å². The maximum atomic E-state index is 12.4. The normalized spacial score (nSPS) is 23.7. The summed E-state index contributed by atoms with van der Waals surface area (Å²) in [5.74, 6) is 1.19. The Hall–Kier alpha value is -1.18. The summed E-state index contributed by atoms with van der Waals surface area (Å²) >= 11 is 0. The number of rotatable bonds is 6. The average Bonchev–Trinajstić information content (AvgIpc) is 2.99. The molecule has 0 amide bonds. The third kappa shape index (κ3) is 4.15. The van der Waals surface area contributed by atoms with E-state index in [0.717, 1.165) is 56.1 Å². The predicted molar refractivity (Wildman–Crippen MR) is 86.0 cm³/mol. The van der Waals surface area contributed by atoms with E-state index in [0.29, 0.717) is 11.7 Å². The average molecular weight is 288 g/mol. The lowest BCUT2D eigenvalue weighted by Crippen LogP contribution is -2.20. The molecule has 0 heterocycles. The smallest absolute Gasteiger partial charge is 0.161 e. The van der Waals surface area contributed by atoms with E-state index >= 15 is 0 Å². The highest BCUT2D eigenvalue weighted by atomic mass is 16.1. The van der Waals surface area contributed by atoms with Crippen molar-refractivity contribution in [2.45, 2.75) is 65.7 Å². The minimum atomic E-state index is 0.0812. The molecule has 0 aromatic rings. The van der Waals surface area contributed by atoms with Crippen LogP contribution in [0.15, 0.2) is 23.3 Å². The van der Waals surface area contributed by atoms with Crippen LogP contribution in [0.4, 0.5) is 0 Å². The van der Waals surface area contributed by atoms with Gasteiger partial charge in [-0.1, -0.05) is 32.9 Å². The van der Waals surface area contributed by atoms with E-state index in [1.54, 1.807) is 0 Å². The van der Waals surface area contributed by atoms with E-state index in [-0.39, 0.29) is 17.6 Å². The molecule has 116 valence electrons. The first-order valence-corrected chi connectivity index (χ1v) is 8.47. The summed E-state index contributed by atoms with van der Waals surface area (Å²) in [6.07, 6.45) is 11.4. The number of hydrogen-bond donors (Lipinski definition) is 0. The van der Waals surface area contributed by atoms with Crippen LogP contribution >= 0.6 is 0 Å². The number of carbonyl (C=O) groups excluding carboxylic acids is 2. The maximum absolute atomic E-state index is 12.4. The Morgan fingerprint density at radius 1 is 1.10 bits per heavy atom. The fraction of sp³-hybridized carbons (Fsp3) is 0.684. The molecule has 2 atom stereocenters. The van der Waals surface area contributed by atoms with Crippen LogP contribution in [0.2, 0.25) is 0 Å². The van der Waals surface area contributed by atoms with Crippen molar-refractivity contribution in [3.05, 3.63) is 23.3 Å². The van der Waals surface area contributed by atoms with Gasteiger partial charge in [0.25, 0.3) is 0 Å². The Labute approximate surface area is 128 Å². The van der Waals surface area contributed by atoms with Crippen molar-refractivity contribution in [2.75, 3.05) is 0 Å². The molecule has 0 radical (unpaired) electrons. The zero-order valence-electron chi connectivity index (χ0n) is 13.7. The second-order valence-electron chi connectivity index (χ2n) is 6.99. The maximum Gasteiger partial charge on any atom is 0.161 e. The summed E-state index contributed by atoms with van der Waals surface area (Å²) in [4.78, 5) is 24.5. The second kappa shape index (κ2) is 7.20. The van der Waals surface area contributed by atoms with Gasteiger partial charge in [-0.25, -0.2) is 0 Å². The number of hydrogen-bond acceptors (Lipinski definition) is 2. The van der Waals surface area contributed by atoms with Gasteiger partial charge in [0.05, 0.1) is 0 Å². The highest BCUT2D eigenvalue weighted by molar-refractivity contribution is 5.97. The molecule has 2 aliphatic carbocycles. The van der Waals surface area contributed by atoms with Gasteiger partial charge >= 0.3 is 0 Å². The molecule has 0 aromatic heterocycles. The van der Waals surface area contributed by atoms with Crippen LogP contribution in [0.3, 0.4) is 0 Å². The number of Topliss-reactive ketones (excluding diaryl/α,β-unsaturated/α-hetero) is 2. The third-order valence-electron chi connectivity index (χ3n) is 4.76. The van der Waals surface area contributed by atoms with Crippen LogP contribution < -0.4 is 0 Å². The molecule has 0 saturated carbocycles. The molecule has 0 spiro atoms. The van der Waals surface area contributed by atoms with E-state index in [4.69, 9.17) is 0 Å². The van der Waals surface area contributed by atoms with Crippen molar-refractivity contribution in [1.82, 2.24) is 0 Å². The standard InChI is InChI=1S/C19H28O2/c1-13(2)18(20)17-10-6-7-15(12-17)11-14(3)19(21)16-8-4-5-9-16/h8,12-15H,4-7,9-11H2,1-3H3. The lowest BCUT2D eigenvalue weighted by atomic mass is 9.80. The van der Waals surface area contributed by atoms with Crippen molar-refractivity contribution < 1.29 is 9.59 Å². The first kappa shape index (κ1) is 16.2. The SMILES string of the molecule is CC(C)C(=O)C1=CC(CC(C)C(=O)C2=CCCC2)CCC1. The van der Waals surface area contributed by atoms with Gasteiger partial charge in [0.1, 0.15) is 0 Å². The summed E-state index contributed by atoms with van der Waals surface area (Å²) in [5, 5.41) is 0. The van der Waals surface area contributed by atoms with Gasteiger partial charge in [-0.05, 0) is 62.0 Å². The van der Waals surface area contributed by atoms with Gasteiger partial charge in [-0.3, -0.25) is 9.59 Å². The van der Waals surface area contributed by atoms with Crippen molar-refractivity contribution in [3.63, 3.8) is 0 Å². The van der Waals surface area contributed by atoms with Crippen LogP contribution in [0.25, 0.3) is 0 Å². The van der Waals surface area contributed by atoms with Crippen LogP contribution in [0.1, 0.15) is 65.7 Å². The molecule has 0 N–H and O–H groups in total. The highest BCUT2D eigenvalue weighted by Gasteiger charge is 2.25. The lowest BCUT2D eigenvalue weighted by Gasteiger charge is -2.24. The molecule has 2 rings (SSSR count). The Kier molecular flexibility index (Phi) is 5.55. The molecule has 2 heteroatoms. The van der Waals surface area contributed by atoms with Gasteiger partial charge in [0, 0.05) is 11.8 Å². The van der Waals surface area contributed by atoms with E-state index in [2.05, 4.69) is 12.2 Å². The van der Waals surface area contributed by atoms with Crippen LogP contribution in [0.5, 0.6) is 0 Å². The quantitative estimate of drug-likeness (QED) is 0.713. The predicted octanol–water partition coefficient (Wildman–Crippen LogP) is 4.64. The molecule has 0 bridgehead atoms. The summed E-state index contributed by atoms with van der Waals surface area (Å²) in [6.45, 7) is 5.98. The Morgan fingerprint density at radius 3 is 2.43 bits per heavy atom. The molecule has 2 nitrogen and oxygen atoms in total. The number of allylic oxidation sites excluding steroid dienone is 4. The molecular formula is C19H28O2. The van der Waals surface area contributed by atoms with Crippen LogP contribution in [0, 0.1) is 17.8 Å². The van der Waals surface area contributed by atoms with Gasteiger partial charge in [-0.15, -0.1) is 0 Å². The molecule has 2 unspecified atom stereocenters. The van der Waals surface area contributed by atoms with Gasteiger partial charge in [0.2, 0.25) is 0 Å². The van der Waals surface area contributed by atoms with E-state index in [1.165, 1.54) is 0 Å². The molecular weight excluding hydrogens is 260 g/mol. The lowest BCUT2D eigenvalue weighted by molar-refractivity contribution is -0.119. The Balaban J connectivity index is 1.97. The topological polar surface area (TPSA) is 34.1 Å². The first-order valence-electron chi connectivity index (χ1n) is 8.47. The van der Waals surface area contributed by atoms with E-state index in [1.807, 2.05) is 20.8 Å². The molecule has 0 aliphatic heterocycles. The largest absolute Gasteiger partial charge is 0.294 e. The molecule has 0 saturated heterocycles. The third-order valence-corrected chi connectivity index (χ3v) is 4.76. The molecule has 0 fully saturated rings. The highest BCUT2D eigenvalue weighted by Crippen LogP contribution is 2.31. The zero-order valence-corrected chi connectivity index (χ0v) is 13.7. The summed E-state index contributed by atoms with van der Waals surface area (Å²) < 4.78 is 0. The second-order valence-corrected chi connectivity index (χ2v) is 6.99. The number of carbonyl (C=O) groups is 2. The minimum Gasteiger partial charge on any atom is -0.294 e. The Morgan fingerprint density at radius 2 is 1.81 bits per heavy atom. The van der Waals surface area contributed by atoms with E-state index in [9.17, 15) is 9.59 Å². The number of ketones is 2. The van der Waals surface area contributed by atoms with Crippen molar-refractivity contribution in [2.24, 2.45) is 17.8 Å². The fourth-order valence-electron chi connectivity index (χ4n) is 3.54. The van der Waals surface area contributed by atoms with Crippen LogP contribution in [-0.2, 0) is 9.59 Å².